The third-order valence-electron chi connectivity index (χ3n) is 1.92. The molecule has 17 heavy (non-hydrogen) atoms. The molecule has 0 fully saturated rings. The SMILES string of the molecule is NNc1cccc(C(=O)Nc2ncccn2)n1. The Balaban J connectivity index is 2.14. The van der Waals surface area contributed by atoms with E-state index < -0.39 is 5.91 Å². The lowest BCUT2D eigenvalue weighted by Gasteiger charge is -2.04. The number of aromatic nitrogens is 3. The van der Waals surface area contributed by atoms with Crippen molar-refractivity contribution in [2.75, 3.05) is 10.7 Å². The van der Waals surface area contributed by atoms with Gasteiger partial charge in [-0.2, -0.15) is 0 Å². The number of rotatable bonds is 3. The summed E-state index contributed by atoms with van der Waals surface area (Å²) in [5.41, 5.74) is 2.59. The highest BCUT2D eigenvalue weighted by Crippen LogP contribution is 2.05. The molecule has 7 heteroatoms. The van der Waals surface area contributed by atoms with Crippen LogP contribution in [0.5, 0.6) is 0 Å². The molecular formula is C10H10N6O. The molecule has 2 aromatic rings. The van der Waals surface area contributed by atoms with Crippen molar-refractivity contribution >= 4 is 17.7 Å². The topological polar surface area (TPSA) is 106 Å². The van der Waals surface area contributed by atoms with Gasteiger partial charge < -0.3 is 5.43 Å². The maximum atomic E-state index is 11.8. The number of nitrogens with zero attached hydrogens (tertiary/aromatic N) is 3. The number of carbonyl (C=O) groups excluding carboxylic acids is 1. The summed E-state index contributed by atoms with van der Waals surface area (Å²) in [4.78, 5) is 23.5. The molecule has 0 saturated heterocycles. The summed E-state index contributed by atoms with van der Waals surface area (Å²) in [6.07, 6.45) is 3.07. The van der Waals surface area contributed by atoms with E-state index in [2.05, 4.69) is 25.7 Å². The van der Waals surface area contributed by atoms with E-state index in [4.69, 9.17) is 5.84 Å². The zero-order chi connectivity index (χ0) is 12.1. The predicted octanol–water partition coefficient (Wildman–Crippen LogP) is 0.409. The average molecular weight is 230 g/mol. The second-order valence-electron chi connectivity index (χ2n) is 3.08. The first-order valence-corrected chi connectivity index (χ1v) is 4.81. The van der Waals surface area contributed by atoms with Crippen LogP contribution in [0.25, 0.3) is 0 Å². The Kier molecular flexibility index (Phi) is 3.22. The normalized spacial score (nSPS) is 9.71. The Morgan fingerprint density at radius 3 is 2.65 bits per heavy atom. The molecule has 4 N–H and O–H groups in total. The van der Waals surface area contributed by atoms with E-state index >= 15 is 0 Å². The molecule has 0 unspecified atom stereocenters. The van der Waals surface area contributed by atoms with Crippen LogP contribution in [0, 0.1) is 0 Å². The van der Waals surface area contributed by atoms with Gasteiger partial charge in [0, 0.05) is 12.4 Å². The average Bonchev–Trinajstić information content (AvgIpc) is 2.40. The fourth-order valence-corrected chi connectivity index (χ4v) is 1.17. The minimum Gasteiger partial charge on any atom is -0.308 e. The third-order valence-corrected chi connectivity index (χ3v) is 1.92. The molecule has 0 aromatic carbocycles. The molecule has 7 nitrogen and oxygen atoms in total. The fourth-order valence-electron chi connectivity index (χ4n) is 1.17. The molecule has 0 spiro atoms. The Labute approximate surface area is 97.1 Å². The molecule has 2 aromatic heterocycles. The van der Waals surface area contributed by atoms with Crippen molar-refractivity contribution < 1.29 is 4.79 Å². The van der Waals surface area contributed by atoms with Crippen LogP contribution < -0.4 is 16.6 Å². The second kappa shape index (κ2) is 4.99. The monoisotopic (exact) mass is 230 g/mol. The summed E-state index contributed by atoms with van der Waals surface area (Å²) in [7, 11) is 0. The van der Waals surface area contributed by atoms with Gasteiger partial charge in [-0.3, -0.25) is 10.1 Å². The van der Waals surface area contributed by atoms with E-state index in [-0.39, 0.29) is 11.6 Å². The van der Waals surface area contributed by atoms with Crippen LogP contribution in [-0.2, 0) is 0 Å². The maximum absolute atomic E-state index is 11.8. The number of amides is 1. The summed E-state index contributed by atoms with van der Waals surface area (Å²) in [6.45, 7) is 0. The minimum absolute atomic E-state index is 0.227. The summed E-state index contributed by atoms with van der Waals surface area (Å²) in [5.74, 6) is 5.44. The zero-order valence-electron chi connectivity index (χ0n) is 8.79. The second-order valence-corrected chi connectivity index (χ2v) is 3.08. The van der Waals surface area contributed by atoms with Crippen LogP contribution in [0.3, 0.4) is 0 Å². The fraction of sp³-hybridized carbons (Fsp3) is 0. The number of carbonyl (C=O) groups is 1. The van der Waals surface area contributed by atoms with Crippen LogP contribution in [0.4, 0.5) is 11.8 Å². The number of anilines is 2. The highest BCUT2D eigenvalue weighted by Gasteiger charge is 2.09. The van der Waals surface area contributed by atoms with E-state index in [0.29, 0.717) is 5.82 Å². The van der Waals surface area contributed by atoms with Gasteiger partial charge in [0.25, 0.3) is 5.91 Å². The zero-order valence-corrected chi connectivity index (χ0v) is 8.79. The van der Waals surface area contributed by atoms with Crippen molar-refractivity contribution in [1.82, 2.24) is 15.0 Å². The third kappa shape index (κ3) is 2.73. The lowest BCUT2D eigenvalue weighted by Crippen LogP contribution is -2.17. The first-order chi connectivity index (χ1) is 8.29. The van der Waals surface area contributed by atoms with Gasteiger partial charge in [0.15, 0.2) is 0 Å². The van der Waals surface area contributed by atoms with Crippen LogP contribution >= 0.6 is 0 Å². The van der Waals surface area contributed by atoms with Gasteiger partial charge in [0.1, 0.15) is 11.5 Å². The first-order valence-electron chi connectivity index (χ1n) is 4.81. The van der Waals surface area contributed by atoms with Crippen molar-refractivity contribution in [3.8, 4) is 0 Å². The molecular weight excluding hydrogens is 220 g/mol. The van der Waals surface area contributed by atoms with Crippen LogP contribution in [0.2, 0.25) is 0 Å². The van der Waals surface area contributed by atoms with Crippen molar-refractivity contribution in [2.24, 2.45) is 5.84 Å². The largest absolute Gasteiger partial charge is 0.308 e. The molecule has 0 aliphatic heterocycles. The summed E-state index contributed by atoms with van der Waals surface area (Å²) in [6, 6.07) is 6.55. The standard InChI is InChI=1S/C10H10N6O/c11-16-8-4-1-3-7(14-8)9(17)15-10-12-5-2-6-13-10/h1-6H,11H2,(H,14,16)(H,12,13,15,17). The number of nitrogens with one attached hydrogen (secondary N) is 2. The minimum atomic E-state index is -0.395. The number of hydrogen-bond acceptors (Lipinski definition) is 6. The highest BCUT2D eigenvalue weighted by molar-refractivity contribution is 6.02. The summed E-state index contributed by atoms with van der Waals surface area (Å²) >= 11 is 0. The van der Waals surface area contributed by atoms with Crippen LogP contribution in [0.1, 0.15) is 10.5 Å². The lowest BCUT2D eigenvalue weighted by molar-refractivity contribution is 0.102. The highest BCUT2D eigenvalue weighted by atomic mass is 16.2. The van der Waals surface area contributed by atoms with Gasteiger partial charge >= 0.3 is 0 Å². The summed E-state index contributed by atoms with van der Waals surface area (Å²) < 4.78 is 0. The molecule has 0 atom stereocenters. The number of nitrogen functional groups attached to an aromatic ring is 1. The number of hydrazine groups is 1. The van der Waals surface area contributed by atoms with E-state index in [0.717, 1.165) is 0 Å². The Morgan fingerprint density at radius 2 is 1.94 bits per heavy atom. The Bertz CT molecular complexity index is 515. The maximum Gasteiger partial charge on any atom is 0.276 e. The Morgan fingerprint density at radius 1 is 1.18 bits per heavy atom. The molecule has 86 valence electrons. The van der Waals surface area contributed by atoms with Gasteiger partial charge in [-0.25, -0.2) is 20.8 Å². The van der Waals surface area contributed by atoms with E-state index in [1.54, 1.807) is 24.3 Å². The van der Waals surface area contributed by atoms with Crippen LogP contribution in [-0.4, -0.2) is 20.9 Å². The first kappa shape index (κ1) is 11.0. The smallest absolute Gasteiger partial charge is 0.276 e. The summed E-state index contributed by atoms with van der Waals surface area (Å²) in [5, 5.41) is 2.52. The number of pyridine rings is 1. The molecule has 2 heterocycles. The van der Waals surface area contributed by atoms with E-state index in [9.17, 15) is 4.79 Å². The predicted molar refractivity (Wildman–Crippen MR) is 62.0 cm³/mol. The van der Waals surface area contributed by atoms with Crippen molar-refractivity contribution in [2.45, 2.75) is 0 Å². The van der Waals surface area contributed by atoms with Gasteiger partial charge in [-0.05, 0) is 18.2 Å². The van der Waals surface area contributed by atoms with Gasteiger partial charge in [-0.15, -0.1) is 0 Å². The molecule has 0 bridgehead atoms. The molecule has 0 saturated carbocycles. The quantitative estimate of drug-likeness (QED) is 0.521. The number of nitrogens with two attached hydrogens (primary N) is 1. The van der Waals surface area contributed by atoms with E-state index in [1.165, 1.54) is 12.4 Å². The Hall–Kier alpha value is -2.54. The van der Waals surface area contributed by atoms with Gasteiger partial charge in [0.2, 0.25) is 5.95 Å². The van der Waals surface area contributed by atoms with Gasteiger partial charge in [-0.1, -0.05) is 6.07 Å². The molecule has 0 radical (unpaired) electrons. The van der Waals surface area contributed by atoms with Crippen molar-refractivity contribution in [1.29, 1.82) is 0 Å². The molecule has 0 aliphatic rings. The van der Waals surface area contributed by atoms with Crippen molar-refractivity contribution in [3.05, 3.63) is 42.4 Å². The lowest BCUT2D eigenvalue weighted by atomic mass is 10.3. The molecule has 2 rings (SSSR count). The van der Waals surface area contributed by atoms with Crippen molar-refractivity contribution in [3.63, 3.8) is 0 Å². The van der Waals surface area contributed by atoms with Crippen LogP contribution in [0.15, 0.2) is 36.7 Å². The number of hydrogen-bond donors (Lipinski definition) is 3. The molecule has 1 amide bonds. The van der Waals surface area contributed by atoms with Gasteiger partial charge in [0.05, 0.1) is 0 Å². The molecule has 0 aliphatic carbocycles. The van der Waals surface area contributed by atoms with E-state index in [1.807, 2.05) is 0 Å².